The van der Waals surface area contributed by atoms with Crippen LogP contribution in [0, 0.1) is 5.41 Å². The molecule has 0 bridgehead atoms. The molecule has 1 aliphatic carbocycles. The van der Waals surface area contributed by atoms with Gasteiger partial charge < -0.3 is 25.4 Å². The second-order valence-corrected chi connectivity index (χ2v) is 8.33. The van der Waals surface area contributed by atoms with E-state index >= 15 is 0 Å². The largest absolute Gasteiger partial charge is 0.465 e. The summed E-state index contributed by atoms with van der Waals surface area (Å²) in [6.45, 7) is 2.74. The molecule has 1 fully saturated rings. The molecular weight excluding hydrogens is 398 g/mol. The number of carbonyl (C=O) groups excluding carboxylic acids is 3. The van der Waals surface area contributed by atoms with Gasteiger partial charge in [0.25, 0.3) is 0 Å². The number of ether oxygens (including phenoxy) is 1. The van der Waals surface area contributed by atoms with E-state index in [9.17, 15) is 14.4 Å². The van der Waals surface area contributed by atoms with Crippen LogP contribution in [0.4, 0.5) is 5.69 Å². The van der Waals surface area contributed by atoms with Gasteiger partial charge in [0.05, 0.1) is 13.2 Å². The summed E-state index contributed by atoms with van der Waals surface area (Å²) < 4.78 is 5.13. The smallest absolute Gasteiger partial charge is 0.321 e. The molecule has 0 radical (unpaired) electrons. The molecule has 1 atom stereocenters. The third-order valence-electron chi connectivity index (χ3n) is 5.68. The number of hydrogen-bond acceptors (Lipinski definition) is 6. The summed E-state index contributed by atoms with van der Waals surface area (Å²) in [6, 6.07) is 6.12. The maximum Gasteiger partial charge on any atom is 0.321 e. The molecular formula is C23H35N3O5. The fraction of sp³-hybridized carbons (Fsp3) is 0.609. The molecule has 1 aliphatic rings. The van der Waals surface area contributed by atoms with Gasteiger partial charge in [-0.3, -0.25) is 14.4 Å². The van der Waals surface area contributed by atoms with Crippen LogP contribution >= 0.6 is 0 Å². The first-order valence-corrected chi connectivity index (χ1v) is 11.0. The molecule has 2 rings (SSSR count). The highest BCUT2D eigenvalue weighted by molar-refractivity contribution is 6.06. The van der Waals surface area contributed by atoms with Gasteiger partial charge in [-0.15, -0.1) is 0 Å². The Labute approximate surface area is 184 Å². The van der Waals surface area contributed by atoms with Crippen molar-refractivity contribution in [3.05, 3.63) is 29.8 Å². The van der Waals surface area contributed by atoms with Gasteiger partial charge in [-0.1, -0.05) is 18.6 Å². The summed E-state index contributed by atoms with van der Waals surface area (Å²) >= 11 is 0. The van der Waals surface area contributed by atoms with Crippen LogP contribution in [0.5, 0.6) is 0 Å². The number of hydrogen-bond donors (Lipinski definition) is 3. The lowest BCUT2D eigenvalue weighted by Crippen LogP contribution is -2.56. The maximum atomic E-state index is 13.0. The number of benzene rings is 1. The highest BCUT2D eigenvalue weighted by Gasteiger charge is 2.52. The summed E-state index contributed by atoms with van der Waals surface area (Å²) in [7, 11) is 3.98. The highest BCUT2D eigenvalue weighted by Crippen LogP contribution is 2.42. The Morgan fingerprint density at radius 2 is 1.84 bits per heavy atom. The highest BCUT2D eigenvalue weighted by atomic mass is 16.5. The van der Waals surface area contributed by atoms with Crippen LogP contribution in [0.2, 0.25) is 0 Å². The topological polar surface area (TPSA) is 108 Å². The van der Waals surface area contributed by atoms with Crippen molar-refractivity contribution >= 4 is 23.5 Å². The van der Waals surface area contributed by atoms with Crippen molar-refractivity contribution in [1.29, 1.82) is 0 Å². The number of esters is 1. The lowest BCUT2D eigenvalue weighted by atomic mass is 9.68. The zero-order valence-corrected chi connectivity index (χ0v) is 18.8. The number of nitrogens with one attached hydrogen (secondary N) is 2. The normalized spacial score (nSPS) is 15.6. The quantitative estimate of drug-likeness (QED) is 0.265. The number of anilines is 1. The van der Waals surface area contributed by atoms with E-state index in [1.165, 1.54) is 0 Å². The van der Waals surface area contributed by atoms with Crippen molar-refractivity contribution in [2.24, 2.45) is 5.41 Å². The fourth-order valence-corrected chi connectivity index (χ4v) is 3.59. The van der Waals surface area contributed by atoms with Crippen LogP contribution < -0.4 is 10.6 Å². The average molecular weight is 434 g/mol. The molecule has 0 saturated heterocycles. The predicted molar refractivity (Wildman–Crippen MR) is 118 cm³/mol. The fourth-order valence-electron chi connectivity index (χ4n) is 3.59. The molecule has 1 aromatic carbocycles. The summed E-state index contributed by atoms with van der Waals surface area (Å²) in [5.74, 6) is -1.26. The Kier molecular flexibility index (Phi) is 9.45. The molecule has 0 spiro atoms. The molecule has 1 aromatic rings. The zero-order valence-electron chi connectivity index (χ0n) is 18.8. The minimum atomic E-state index is -1.18. The van der Waals surface area contributed by atoms with Gasteiger partial charge >= 0.3 is 5.97 Å². The Morgan fingerprint density at radius 1 is 1.16 bits per heavy atom. The lowest BCUT2D eigenvalue weighted by Gasteiger charge is -2.38. The van der Waals surface area contributed by atoms with Crippen molar-refractivity contribution in [1.82, 2.24) is 10.2 Å². The van der Waals surface area contributed by atoms with E-state index in [1.807, 2.05) is 14.1 Å². The first kappa shape index (κ1) is 24.8. The molecule has 0 aromatic heterocycles. The zero-order chi connectivity index (χ0) is 22.9. The minimum Gasteiger partial charge on any atom is -0.465 e. The summed E-state index contributed by atoms with van der Waals surface area (Å²) in [4.78, 5) is 40.5. The monoisotopic (exact) mass is 433 g/mol. The molecule has 31 heavy (non-hydrogen) atoms. The van der Waals surface area contributed by atoms with E-state index in [4.69, 9.17) is 9.84 Å². The van der Waals surface area contributed by atoms with Crippen molar-refractivity contribution in [2.45, 2.75) is 58.1 Å². The predicted octanol–water partition coefficient (Wildman–Crippen LogP) is 2.07. The van der Waals surface area contributed by atoms with Gasteiger partial charge in [0.15, 0.2) is 0 Å². The maximum absolute atomic E-state index is 13.0. The number of aliphatic hydroxyl groups is 1. The molecule has 8 heteroatoms. The van der Waals surface area contributed by atoms with Gasteiger partial charge in [0.2, 0.25) is 11.8 Å². The summed E-state index contributed by atoms with van der Waals surface area (Å²) in [5, 5.41) is 14.8. The minimum absolute atomic E-state index is 0.0747. The van der Waals surface area contributed by atoms with Crippen molar-refractivity contribution < 1.29 is 24.2 Å². The number of rotatable bonds is 12. The molecule has 3 N–H and O–H groups in total. The molecule has 2 amide bonds. The Morgan fingerprint density at radius 3 is 2.35 bits per heavy atom. The molecule has 172 valence electrons. The van der Waals surface area contributed by atoms with Gasteiger partial charge in [0.1, 0.15) is 11.5 Å². The molecule has 1 unspecified atom stereocenters. The van der Waals surface area contributed by atoms with Crippen molar-refractivity contribution in [3.8, 4) is 0 Å². The second-order valence-electron chi connectivity index (χ2n) is 8.33. The molecule has 0 aliphatic heterocycles. The SMILES string of the molecule is CCOC(=O)C1(C(=O)NC(CCCCN(C)C)C(=O)Nc2ccc(CO)cc2)CCC1. The van der Waals surface area contributed by atoms with Crippen molar-refractivity contribution in [3.63, 3.8) is 0 Å². The number of aliphatic hydroxyl groups excluding tert-OH is 1. The van der Waals surface area contributed by atoms with Crippen LogP contribution in [0.1, 0.15) is 51.0 Å². The van der Waals surface area contributed by atoms with Gasteiger partial charge in [0, 0.05) is 5.69 Å². The van der Waals surface area contributed by atoms with E-state index in [2.05, 4.69) is 15.5 Å². The molecule has 0 heterocycles. The van der Waals surface area contributed by atoms with Crippen LogP contribution in [0.15, 0.2) is 24.3 Å². The van der Waals surface area contributed by atoms with E-state index in [0.717, 1.165) is 31.4 Å². The number of carbonyl (C=O) groups is 3. The van der Waals surface area contributed by atoms with Crippen LogP contribution in [0.3, 0.4) is 0 Å². The van der Waals surface area contributed by atoms with Crippen molar-refractivity contribution in [2.75, 3.05) is 32.6 Å². The third-order valence-corrected chi connectivity index (χ3v) is 5.68. The first-order chi connectivity index (χ1) is 14.8. The van der Waals surface area contributed by atoms with Crippen LogP contribution in [-0.4, -0.2) is 61.1 Å². The standard InChI is InChI=1S/C23H35N3O5/c1-4-31-22(30)23(13-7-14-23)21(29)25-19(8-5-6-15-26(2)3)20(28)24-18-11-9-17(16-27)10-12-18/h9-12,19,27H,4-8,13-16H2,1-3H3,(H,24,28)(H,25,29). The van der Waals surface area contributed by atoms with E-state index in [0.29, 0.717) is 24.9 Å². The Balaban J connectivity index is 2.08. The van der Waals surface area contributed by atoms with E-state index in [1.54, 1.807) is 31.2 Å². The van der Waals surface area contributed by atoms with Gasteiger partial charge in [-0.05, 0) is 77.4 Å². The average Bonchev–Trinajstić information content (AvgIpc) is 2.70. The van der Waals surface area contributed by atoms with E-state index < -0.39 is 23.3 Å². The molecule has 8 nitrogen and oxygen atoms in total. The number of amides is 2. The first-order valence-electron chi connectivity index (χ1n) is 11.0. The number of nitrogens with zero attached hydrogens (tertiary/aromatic N) is 1. The third kappa shape index (κ3) is 6.77. The lowest BCUT2D eigenvalue weighted by molar-refractivity contribution is -0.167. The molecule has 1 saturated carbocycles. The van der Waals surface area contributed by atoms with E-state index in [-0.39, 0.29) is 19.1 Å². The summed E-state index contributed by atoms with van der Waals surface area (Å²) in [6.07, 6.45) is 3.78. The Hall–Kier alpha value is -2.45. The van der Waals surface area contributed by atoms with Gasteiger partial charge in [-0.2, -0.15) is 0 Å². The van der Waals surface area contributed by atoms with Crippen LogP contribution in [-0.2, 0) is 25.7 Å². The Bertz CT molecular complexity index is 744. The van der Waals surface area contributed by atoms with Gasteiger partial charge in [-0.25, -0.2) is 0 Å². The summed E-state index contributed by atoms with van der Waals surface area (Å²) in [5.41, 5.74) is 0.146. The second kappa shape index (κ2) is 11.8. The number of unbranched alkanes of at least 4 members (excludes halogenated alkanes) is 1. The van der Waals surface area contributed by atoms with Crippen LogP contribution in [0.25, 0.3) is 0 Å².